The zero-order chi connectivity index (χ0) is 14.9. The Balaban J connectivity index is 1.52. The van der Waals surface area contributed by atoms with Gasteiger partial charge in [-0.15, -0.1) is 11.3 Å². The average Bonchev–Trinajstić information content (AvgIpc) is 3.18. The predicted octanol–water partition coefficient (Wildman–Crippen LogP) is 3.30. The van der Waals surface area contributed by atoms with Gasteiger partial charge in [0.15, 0.2) is 0 Å². The van der Waals surface area contributed by atoms with Gasteiger partial charge in [-0.3, -0.25) is 4.90 Å². The molecule has 0 N–H and O–H groups in total. The first-order chi connectivity index (χ1) is 10.8. The van der Waals surface area contributed by atoms with Crippen molar-refractivity contribution >= 4 is 22.9 Å². The zero-order valence-electron chi connectivity index (χ0n) is 12.1. The largest absolute Gasteiger partial charge is 0.493 e. The van der Waals surface area contributed by atoms with Crippen LogP contribution in [0.2, 0.25) is 5.02 Å². The number of nitrogens with zero attached hydrogens (tertiary/aromatic N) is 2. The molecule has 116 valence electrons. The molecule has 3 heterocycles. The van der Waals surface area contributed by atoms with E-state index in [1.165, 1.54) is 11.1 Å². The lowest BCUT2D eigenvalue weighted by Crippen LogP contribution is -2.37. The Labute approximate surface area is 138 Å². The van der Waals surface area contributed by atoms with Gasteiger partial charge < -0.3 is 9.47 Å². The van der Waals surface area contributed by atoms with E-state index < -0.39 is 0 Å². The highest BCUT2D eigenvalue weighted by atomic mass is 35.5. The molecule has 1 aromatic heterocycles. The minimum Gasteiger partial charge on any atom is -0.493 e. The van der Waals surface area contributed by atoms with Gasteiger partial charge in [0.05, 0.1) is 13.2 Å². The van der Waals surface area contributed by atoms with Crippen LogP contribution in [-0.4, -0.2) is 36.2 Å². The Morgan fingerprint density at radius 1 is 1.36 bits per heavy atom. The number of benzene rings is 1. The summed E-state index contributed by atoms with van der Waals surface area (Å²) in [6, 6.07) is 4.05. The molecule has 1 aromatic carbocycles. The van der Waals surface area contributed by atoms with E-state index in [1.807, 2.05) is 23.7 Å². The molecule has 1 saturated heterocycles. The van der Waals surface area contributed by atoms with Crippen molar-refractivity contribution in [2.24, 2.45) is 0 Å². The fourth-order valence-electron chi connectivity index (χ4n) is 3.09. The predicted molar refractivity (Wildman–Crippen MR) is 86.7 cm³/mol. The van der Waals surface area contributed by atoms with Gasteiger partial charge in [0.25, 0.3) is 0 Å². The van der Waals surface area contributed by atoms with Crippen LogP contribution in [0.4, 0.5) is 0 Å². The normalized spacial score (nSPS) is 21.6. The number of halogens is 1. The van der Waals surface area contributed by atoms with Crippen molar-refractivity contribution in [1.29, 1.82) is 0 Å². The SMILES string of the molecule is Clc1cc2c(c(CN3CCOC(c4nccs4)C3)c1)OCC2. The van der Waals surface area contributed by atoms with Crippen molar-refractivity contribution in [3.8, 4) is 5.75 Å². The summed E-state index contributed by atoms with van der Waals surface area (Å²) in [7, 11) is 0. The second-order valence-corrected chi connectivity index (χ2v) is 6.98. The number of aromatic nitrogens is 1. The van der Waals surface area contributed by atoms with E-state index in [1.54, 1.807) is 11.3 Å². The highest BCUT2D eigenvalue weighted by Crippen LogP contribution is 2.34. The fraction of sp³-hybridized carbons (Fsp3) is 0.438. The van der Waals surface area contributed by atoms with Crippen molar-refractivity contribution in [1.82, 2.24) is 9.88 Å². The monoisotopic (exact) mass is 336 g/mol. The topological polar surface area (TPSA) is 34.6 Å². The zero-order valence-corrected chi connectivity index (χ0v) is 13.7. The lowest BCUT2D eigenvalue weighted by molar-refractivity contribution is -0.0331. The van der Waals surface area contributed by atoms with Gasteiger partial charge in [0, 0.05) is 48.2 Å². The molecule has 0 radical (unpaired) electrons. The van der Waals surface area contributed by atoms with Crippen LogP contribution in [0.15, 0.2) is 23.7 Å². The molecule has 0 bridgehead atoms. The number of thiazole rings is 1. The molecule has 2 aliphatic heterocycles. The minimum absolute atomic E-state index is 0.0712. The van der Waals surface area contributed by atoms with Crippen LogP contribution in [0.3, 0.4) is 0 Å². The molecule has 1 atom stereocenters. The van der Waals surface area contributed by atoms with E-state index in [2.05, 4.69) is 9.88 Å². The van der Waals surface area contributed by atoms with Crippen LogP contribution < -0.4 is 4.74 Å². The highest BCUT2D eigenvalue weighted by Gasteiger charge is 2.26. The molecule has 0 saturated carbocycles. The van der Waals surface area contributed by atoms with Crippen molar-refractivity contribution < 1.29 is 9.47 Å². The van der Waals surface area contributed by atoms with Gasteiger partial charge in [-0.25, -0.2) is 4.98 Å². The second-order valence-electron chi connectivity index (χ2n) is 5.62. The quantitative estimate of drug-likeness (QED) is 0.861. The lowest BCUT2D eigenvalue weighted by Gasteiger charge is -2.32. The third kappa shape index (κ3) is 2.86. The number of morpholine rings is 1. The highest BCUT2D eigenvalue weighted by molar-refractivity contribution is 7.09. The van der Waals surface area contributed by atoms with Gasteiger partial charge in [0.1, 0.15) is 16.9 Å². The summed E-state index contributed by atoms with van der Waals surface area (Å²) in [5.74, 6) is 1.03. The molecule has 2 aliphatic rings. The van der Waals surface area contributed by atoms with Gasteiger partial charge in [0.2, 0.25) is 0 Å². The fourth-order valence-corrected chi connectivity index (χ4v) is 4.03. The third-order valence-electron chi connectivity index (χ3n) is 4.10. The van der Waals surface area contributed by atoms with Crippen LogP contribution in [0.25, 0.3) is 0 Å². The van der Waals surface area contributed by atoms with Gasteiger partial charge in [-0.05, 0) is 17.7 Å². The average molecular weight is 337 g/mol. The molecule has 1 unspecified atom stereocenters. The second kappa shape index (κ2) is 6.16. The van der Waals surface area contributed by atoms with E-state index in [0.29, 0.717) is 0 Å². The molecule has 0 amide bonds. The Hall–Kier alpha value is -1.14. The third-order valence-corrected chi connectivity index (χ3v) is 5.18. The van der Waals surface area contributed by atoms with Crippen molar-refractivity contribution in [2.45, 2.75) is 19.1 Å². The van der Waals surface area contributed by atoms with Crippen molar-refractivity contribution in [3.63, 3.8) is 0 Å². The van der Waals surface area contributed by atoms with E-state index >= 15 is 0 Å². The first kappa shape index (κ1) is 14.5. The Morgan fingerprint density at radius 2 is 2.32 bits per heavy atom. The van der Waals surface area contributed by atoms with Crippen molar-refractivity contribution in [3.05, 3.63) is 44.9 Å². The lowest BCUT2D eigenvalue weighted by atomic mass is 10.1. The number of hydrogen-bond acceptors (Lipinski definition) is 5. The molecule has 2 aromatic rings. The summed E-state index contributed by atoms with van der Waals surface area (Å²) in [6.07, 6.45) is 2.86. The Kier molecular flexibility index (Phi) is 4.05. The number of rotatable bonds is 3. The first-order valence-corrected chi connectivity index (χ1v) is 8.73. The smallest absolute Gasteiger partial charge is 0.127 e. The molecular weight excluding hydrogens is 320 g/mol. The summed E-state index contributed by atoms with van der Waals surface area (Å²) in [4.78, 5) is 6.77. The molecule has 22 heavy (non-hydrogen) atoms. The number of hydrogen-bond donors (Lipinski definition) is 0. The van der Waals surface area contributed by atoms with Crippen LogP contribution in [0.1, 0.15) is 22.2 Å². The van der Waals surface area contributed by atoms with Gasteiger partial charge in [-0.1, -0.05) is 11.6 Å². The van der Waals surface area contributed by atoms with Crippen molar-refractivity contribution in [2.75, 3.05) is 26.3 Å². The molecule has 4 rings (SSSR count). The molecule has 0 spiro atoms. The van der Waals surface area contributed by atoms with Gasteiger partial charge in [-0.2, -0.15) is 0 Å². The van der Waals surface area contributed by atoms with Crippen LogP contribution >= 0.6 is 22.9 Å². The standard InChI is InChI=1S/C16H17ClN2O2S/c17-13-7-11-1-4-21-15(11)12(8-13)9-19-3-5-20-14(10-19)16-18-2-6-22-16/h2,6-8,14H,1,3-5,9-10H2. The summed E-state index contributed by atoms with van der Waals surface area (Å²) in [6.45, 7) is 4.10. The van der Waals surface area contributed by atoms with Crippen LogP contribution in [0, 0.1) is 0 Å². The number of fused-ring (bicyclic) bond motifs is 1. The number of ether oxygens (including phenoxy) is 2. The maximum atomic E-state index is 6.25. The summed E-state index contributed by atoms with van der Waals surface area (Å²) in [5.41, 5.74) is 2.41. The van der Waals surface area contributed by atoms with Crippen LogP contribution in [0.5, 0.6) is 5.75 Å². The maximum absolute atomic E-state index is 6.25. The summed E-state index contributed by atoms with van der Waals surface area (Å²) < 4.78 is 11.7. The molecule has 1 fully saturated rings. The summed E-state index contributed by atoms with van der Waals surface area (Å²) in [5, 5.41) is 3.84. The minimum atomic E-state index is 0.0712. The molecule has 6 heteroatoms. The summed E-state index contributed by atoms with van der Waals surface area (Å²) >= 11 is 7.90. The van der Waals surface area contributed by atoms with Crippen LogP contribution in [-0.2, 0) is 17.7 Å². The van der Waals surface area contributed by atoms with E-state index in [9.17, 15) is 0 Å². The van der Waals surface area contributed by atoms with E-state index in [0.717, 1.165) is 55.0 Å². The van der Waals surface area contributed by atoms with Gasteiger partial charge >= 0.3 is 0 Å². The maximum Gasteiger partial charge on any atom is 0.127 e. The molecular formula is C16H17ClN2O2S. The van der Waals surface area contributed by atoms with E-state index in [-0.39, 0.29) is 6.10 Å². The molecule has 4 nitrogen and oxygen atoms in total. The Bertz CT molecular complexity index is 662. The van der Waals surface area contributed by atoms with E-state index in [4.69, 9.17) is 21.1 Å². The molecule has 0 aliphatic carbocycles. The first-order valence-electron chi connectivity index (χ1n) is 7.47. The Morgan fingerprint density at radius 3 is 3.18 bits per heavy atom.